The van der Waals surface area contributed by atoms with Crippen LogP contribution in [-0.2, 0) is 28.5 Å². The second kappa shape index (κ2) is 6.72. The second-order valence-corrected chi connectivity index (χ2v) is 8.23. The SMILES string of the molecule is C=C1C(=O)O[C@@H]2/C=C(/C)[C@@]3(O)C[C@@H](OC)[C@@](C)(C[C@@H](OC(=O)C(C)C)[C@@H]12)O3. The number of methoxy groups -OCH3 is 1. The Bertz CT molecular complexity index is 696. The molecular weight excluding hydrogens is 352 g/mol. The number of carbonyl (C=O) groups is 2. The molecule has 7 nitrogen and oxygen atoms in total. The lowest BCUT2D eigenvalue weighted by molar-refractivity contribution is -0.210. The molecule has 0 radical (unpaired) electrons. The average Bonchev–Trinajstić information content (AvgIpc) is 3.00. The van der Waals surface area contributed by atoms with Crippen LogP contribution in [0.3, 0.4) is 0 Å². The maximum atomic E-state index is 12.3. The van der Waals surface area contributed by atoms with Gasteiger partial charge in [-0.25, -0.2) is 4.79 Å². The lowest BCUT2D eigenvalue weighted by atomic mass is 9.80. The summed E-state index contributed by atoms with van der Waals surface area (Å²) in [5, 5.41) is 11.1. The van der Waals surface area contributed by atoms with Crippen LogP contribution in [0.25, 0.3) is 0 Å². The number of hydrogen-bond donors (Lipinski definition) is 1. The summed E-state index contributed by atoms with van der Waals surface area (Å²) in [7, 11) is 1.56. The molecule has 27 heavy (non-hydrogen) atoms. The molecule has 2 saturated heterocycles. The van der Waals surface area contributed by atoms with E-state index in [-0.39, 0.29) is 30.3 Å². The summed E-state index contributed by atoms with van der Waals surface area (Å²) in [6.07, 6.45) is 0.362. The first-order valence-corrected chi connectivity index (χ1v) is 9.25. The molecule has 0 aromatic rings. The van der Waals surface area contributed by atoms with E-state index >= 15 is 0 Å². The number of rotatable bonds is 3. The Morgan fingerprint density at radius 2 is 2.07 bits per heavy atom. The van der Waals surface area contributed by atoms with Gasteiger partial charge in [-0.1, -0.05) is 20.4 Å². The third-order valence-corrected chi connectivity index (χ3v) is 5.87. The van der Waals surface area contributed by atoms with E-state index < -0.39 is 41.6 Å². The molecule has 0 aromatic heterocycles. The van der Waals surface area contributed by atoms with E-state index in [1.54, 1.807) is 34.0 Å². The van der Waals surface area contributed by atoms with E-state index in [4.69, 9.17) is 18.9 Å². The highest BCUT2D eigenvalue weighted by atomic mass is 16.7. The van der Waals surface area contributed by atoms with Crippen LogP contribution in [0.15, 0.2) is 23.8 Å². The minimum Gasteiger partial charge on any atom is -0.461 e. The monoisotopic (exact) mass is 380 g/mol. The average molecular weight is 380 g/mol. The zero-order valence-corrected chi connectivity index (χ0v) is 16.5. The lowest BCUT2D eigenvalue weighted by Crippen LogP contribution is -2.45. The van der Waals surface area contributed by atoms with Gasteiger partial charge in [0, 0.05) is 25.5 Å². The smallest absolute Gasteiger partial charge is 0.334 e. The molecule has 150 valence electrons. The predicted molar refractivity (Wildman–Crippen MR) is 95.5 cm³/mol. The third kappa shape index (κ3) is 3.32. The molecular formula is C20H28O7. The number of aliphatic hydroxyl groups is 1. The summed E-state index contributed by atoms with van der Waals surface area (Å²) in [6.45, 7) is 10.9. The van der Waals surface area contributed by atoms with Gasteiger partial charge in [0.2, 0.25) is 0 Å². The molecule has 0 unspecified atom stereocenters. The zero-order valence-electron chi connectivity index (χ0n) is 16.5. The van der Waals surface area contributed by atoms with Crippen molar-refractivity contribution in [2.45, 2.75) is 70.2 Å². The van der Waals surface area contributed by atoms with Crippen LogP contribution in [0.5, 0.6) is 0 Å². The van der Waals surface area contributed by atoms with Crippen molar-refractivity contribution in [1.29, 1.82) is 0 Å². The first kappa shape index (κ1) is 20.0. The molecule has 0 aliphatic carbocycles. The standard InChI is InChI=1S/C20H28O7/c1-10(2)17(21)26-14-8-19(5)15(24-6)9-20(23,27-19)11(3)7-13-16(14)12(4)18(22)25-13/h7,10,13-16,23H,4,8-9H2,1-3,5-6H3/b11-7-/t13-,14-,15-,16+,19-,20-/m1/s1. The van der Waals surface area contributed by atoms with Crippen molar-refractivity contribution in [3.8, 4) is 0 Å². The molecule has 3 aliphatic rings. The molecule has 0 aromatic carbocycles. The predicted octanol–water partition coefficient (Wildman–Crippen LogP) is 1.88. The molecule has 0 spiro atoms. The summed E-state index contributed by atoms with van der Waals surface area (Å²) in [5.74, 6) is -3.30. The highest BCUT2D eigenvalue weighted by molar-refractivity contribution is 5.91. The quantitative estimate of drug-likeness (QED) is 0.454. The van der Waals surface area contributed by atoms with Gasteiger partial charge >= 0.3 is 11.9 Å². The Kier molecular flexibility index (Phi) is 4.99. The van der Waals surface area contributed by atoms with Crippen molar-refractivity contribution in [2.75, 3.05) is 7.11 Å². The van der Waals surface area contributed by atoms with E-state index in [1.807, 2.05) is 6.92 Å². The van der Waals surface area contributed by atoms with Gasteiger partial charge in [0.25, 0.3) is 0 Å². The molecule has 7 heteroatoms. The Hall–Kier alpha value is -1.70. The fraction of sp³-hybridized carbons (Fsp3) is 0.700. The first-order valence-electron chi connectivity index (χ1n) is 9.25. The molecule has 3 rings (SSSR count). The Balaban J connectivity index is 2.08. The summed E-state index contributed by atoms with van der Waals surface area (Å²) in [6, 6.07) is 0. The van der Waals surface area contributed by atoms with Crippen LogP contribution in [0, 0.1) is 11.8 Å². The van der Waals surface area contributed by atoms with Gasteiger partial charge in [0.15, 0.2) is 5.79 Å². The summed E-state index contributed by atoms with van der Waals surface area (Å²) >= 11 is 0. The van der Waals surface area contributed by atoms with Gasteiger partial charge in [-0.2, -0.15) is 0 Å². The second-order valence-electron chi connectivity index (χ2n) is 8.23. The van der Waals surface area contributed by atoms with Crippen LogP contribution >= 0.6 is 0 Å². The Morgan fingerprint density at radius 1 is 1.41 bits per heavy atom. The van der Waals surface area contributed by atoms with Crippen LogP contribution in [0.2, 0.25) is 0 Å². The van der Waals surface area contributed by atoms with Crippen molar-refractivity contribution in [3.05, 3.63) is 23.8 Å². The fourth-order valence-corrected chi connectivity index (χ4v) is 4.19. The number of ether oxygens (including phenoxy) is 4. The van der Waals surface area contributed by atoms with Crippen molar-refractivity contribution < 1.29 is 33.6 Å². The van der Waals surface area contributed by atoms with Crippen LogP contribution < -0.4 is 0 Å². The molecule has 6 atom stereocenters. The maximum absolute atomic E-state index is 12.3. The van der Waals surface area contributed by atoms with Crippen LogP contribution in [-0.4, -0.2) is 53.9 Å². The molecule has 2 fully saturated rings. The largest absolute Gasteiger partial charge is 0.461 e. The number of esters is 2. The van der Waals surface area contributed by atoms with E-state index in [2.05, 4.69) is 6.58 Å². The van der Waals surface area contributed by atoms with Gasteiger partial charge in [-0.15, -0.1) is 0 Å². The number of carbonyl (C=O) groups excluding carboxylic acids is 2. The Morgan fingerprint density at radius 3 is 2.67 bits per heavy atom. The summed E-state index contributed by atoms with van der Waals surface area (Å²) in [5.41, 5.74) is -0.129. The van der Waals surface area contributed by atoms with Gasteiger partial charge in [-0.05, 0) is 25.5 Å². The highest BCUT2D eigenvalue weighted by Gasteiger charge is 2.58. The minimum absolute atomic E-state index is 0.236. The highest BCUT2D eigenvalue weighted by Crippen LogP contribution is 2.48. The number of hydrogen-bond acceptors (Lipinski definition) is 7. The molecule has 1 N–H and O–H groups in total. The van der Waals surface area contributed by atoms with Gasteiger partial charge < -0.3 is 24.1 Å². The van der Waals surface area contributed by atoms with E-state index in [1.165, 1.54) is 0 Å². The van der Waals surface area contributed by atoms with Crippen molar-refractivity contribution >= 4 is 11.9 Å². The van der Waals surface area contributed by atoms with Gasteiger partial charge in [0.05, 0.1) is 23.5 Å². The summed E-state index contributed by atoms with van der Waals surface area (Å²) in [4.78, 5) is 24.5. The molecule has 0 saturated carbocycles. The maximum Gasteiger partial charge on any atom is 0.334 e. The van der Waals surface area contributed by atoms with Crippen molar-refractivity contribution in [3.63, 3.8) is 0 Å². The van der Waals surface area contributed by atoms with Crippen molar-refractivity contribution in [1.82, 2.24) is 0 Å². The minimum atomic E-state index is -1.53. The normalized spacial score (nSPS) is 43.3. The molecule has 0 amide bonds. The first-order chi connectivity index (χ1) is 12.5. The lowest BCUT2D eigenvalue weighted by Gasteiger charge is -2.35. The molecule has 2 bridgehead atoms. The summed E-state index contributed by atoms with van der Waals surface area (Å²) < 4.78 is 22.9. The Labute approximate surface area is 159 Å². The van der Waals surface area contributed by atoms with Gasteiger partial charge in [-0.3, -0.25) is 4.79 Å². The van der Waals surface area contributed by atoms with Crippen LogP contribution in [0.1, 0.15) is 40.5 Å². The van der Waals surface area contributed by atoms with Gasteiger partial charge in [0.1, 0.15) is 12.2 Å². The molecule has 3 aliphatic heterocycles. The van der Waals surface area contributed by atoms with E-state index in [9.17, 15) is 14.7 Å². The van der Waals surface area contributed by atoms with Crippen molar-refractivity contribution in [2.24, 2.45) is 11.8 Å². The fourth-order valence-electron chi connectivity index (χ4n) is 4.19. The number of fused-ring (bicyclic) bond motifs is 3. The van der Waals surface area contributed by atoms with E-state index in [0.29, 0.717) is 5.57 Å². The topological polar surface area (TPSA) is 91.3 Å². The van der Waals surface area contributed by atoms with E-state index in [0.717, 1.165) is 0 Å². The van der Waals surface area contributed by atoms with Crippen LogP contribution in [0.4, 0.5) is 0 Å². The zero-order chi connectivity index (χ0) is 20.1. The molecule has 3 heterocycles. The third-order valence-electron chi connectivity index (χ3n) is 5.87.